The Morgan fingerprint density at radius 1 is 1.38 bits per heavy atom. The van der Waals surface area contributed by atoms with Gasteiger partial charge >= 0.3 is 0 Å². The fraction of sp³-hybridized carbons (Fsp3) is 0.667. The second-order valence-corrected chi connectivity index (χ2v) is 6.82. The number of hydrogen-bond donors (Lipinski definition) is 0. The van der Waals surface area contributed by atoms with Crippen molar-refractivity contribution in [2.75, 3.05) is 40.0 Å². The van der Waals surface area contributed by atoms with Crippen molar-refractivity contribution < 1.29 is 19.0 Å². The average Bonchev–Trinajstić information content (AvgIpc) is 2.99. The lowest BCUT2D eigenvalue weighted by Gasteiger charge is -2.38. The minimum Gasteiger partial charge on any atom is -0.375 e. The normalized spacial score (nSPS) is 22.9. The van der Waals surface area contributed by atoms with Gasteiger partial charge in [-0.1, -0.05) is 0 Å². The van der Waals surface area contributed by atoms with Crippen LogP contribution in [0.2, 0.25) is 0 Å². The van der Waals surface area contributed by atoms with Gasteiger partial charge in [-0.3, -0.25) is 9.78 Å². The molecule has 0 N–H and O–H groups in total. The van der Waals surface area contributed by atoms with Crippen LogP contribution in [0.5, 0.6) is 0 Å². The van der Waals surface area contributed by atoms with Crippen molar-refractivity contribution in [2.24, 2.45) is 5.41 Å². The van der Waals surface area contributed by atoms with Crippen LogP contribution >= 0.6 is 0 Å². The second kappa shape index (κ2) is 8.05. The molecule has 2 aliphatic heterocycles. The predicted octanol–water partition coefficient (Wildman–Crippen LogP) is 1.64. The predicted molar refractivity (Wildman–Crippen MR) is 88.4 cm³/mol. The number of nitrogens with zero attached hydrogens (tertiary/aromatic N) is 2. The number of carbonyl (C=O) groups is 1. The summed E-state index contributed by atoms with van der Waals surface area (Å²) < 4.78 is 16.7. The Labute approximate surface area is 143 Å². The lowest BCUT2D eigenvalue weighted by Crippen LogP contribution is -2.44. The quantitative estimate of drug-likeness (QED) is 0.791. The maximum absolute atomic E-state index is 11.9. The zero-order valence-electron chi connectivity index (χ0n) is 14.3. The first kappa shape index (κ1) is 17.3. The molecule has 6 nitrogen and oxygen atoms in total. The first-order valence-electron chi connectivity index (χ1n) is 8.56. The van der Waals surface area contributed by atoms with Gasteiger partial charge in [-0.05, 0) is 42.4 Å². The van der Waals surface area contributed by atoms with Gasteiger partial charge in [-0.2, -0.15) is 0 Å². The van der Waals surface area contributed by atoms with Gasteiger partial charge in [0, 0.05) is 32.6 Å². The molecule has 0 unspecified atom stereocenters. The van der Waals surface area contributed by atoms with E-state index in [1.54, 1.807) is 19.5 Å². The number of amides is 1. The van der Waals surface area contributed by atoms with Crippen LogP contribution < -0.4 is 0 Å². The molecule has 2 fully saturated rings. The molecular weight excluding hydrogens is 308 g/mol. The van der Waals surface area contributed by atoms with E-state index in [0.717, 1.165) is 44.5 Å². The highest BCUT2D eigenvalue weighted by atomic mass is 16.5. The molecule has 2 aliphatic rings. The van der Waals surface area contributed by atoms with Gasteiger partial charge in [0.1, 0.15) is 6.61 Å². The molecule has 0 bridgehead atoms. The minimum atomic E-state index is 0.0866. The Bertz CT molecular complexity index is 529. The number of ether oxygens (including phenoxy) is 3. The highest BCUT2D eigenvalue weighted by Gasteiger charge is 2.43. The van der Waals surface area contributed by atoms with Crippen LogP contribution in [0.25, 0.3) is 0 Å². The van der Waals surface area contributed by atoms with Crippen LogP contribution in [0.4, 0.5) is 0 Å². The van der Waals surface area contributed by atoms with Crippen molar-refractivity contribution in [3.8, 4) is 0 Å². The van der Waals surface area contributed by atoms with E-state index < -0.39 is 0 Å². The number of pyridine rings is 1. The summed E-state index contributed by atoms with van der Waals surface area (Å²) in [6.07, 6.45) is 6.74. The van der Waals surface area contributed by atoms with Gasteiger partial charge in [-0.25, -0.2) is 0 Å². The molecule has 1 spiro atoms. The number of carbonyl (C=O) groups excluding carboxylic acids is 1. The molecule has 132 valence electrons. The van der Waals surface area contributed by atoms with E-state index in [2.05, 4.69) is 4.98 Å². The van der Waals surface area contributed by atoms with E-state index in [0.29, 0.717) is 13.2 Å². The highest BCUT2D eigenvalue weighted by molar-refractivity contribution is 5.77. The van der Waals surface area contributed by atoms with Gasteiger partial charge in [0.15, 0.2) is 0 Å². The molecule has 0 aromatic carbocycles. The van der Waals surface area contributed by atoms with E-state index in [9.17, 15) is 4.79 Å². The molecule has 0 saturated carbocycles. The third-order valence-electron chi connectivity index (χ3n) is 5.05. The van der Waals surface area contributed by atoms with E-state index in [-0.39, 0.29) is 24.0 Å². The molecule has 1 atom stereocenters. The molecule has 0 aliphatic carbocycles. The van der Waals surface area contributed by atoms with Gasteiger partial charge in [0.25, 0.3) is 0 Å². The van der Waals surface area contributed by atoms with E-state index >= 15 is 0 Å². The van der Waals surface area contributed by atoms with E-state index in [1.165, 1.54) is 0 Å². The number of rotatable bonds is 6. The van der Waals surface area contributed by atoms with Crippen molar-refractivity contribution in [2.45, 2.75) is 32.0 Å². The number of methoxy groups -OCH3 is 1. The summed E-state index contributed by atoms with van der Waals surface area (Å²) in [4.78, 5) is 17.8. The van der Waals surface area contributed by atoms with Crippen molar-refractivity contribution in [1.82, 2.24) is 9.88 Å². The summed E-state index contributed by atoms with van der Waals surface area (Å²) in [6, 6.07) is 3.92. The van der Waals surface area contributed by atoms with Crippen LogP contribution in [0.1, 0.15) is 24.8 Å². The maximum Gasteiger partial charge on any atom is 0.248 e. The molecule has 3 heterocycles. The summed E-state index contributed by atoms with van der Waals surface area (Å²) in [5, 5.41) is 0. The fourth-order valence-electron chi connectivity index (χ4n) is 3.58. The van der Waals surface area contributed by atoms with E-state index in [4.69, 9.17) is 14.2 Å². The Morgan fingerprint density at radius 2 is 2.12 bits per heavy atom. The summed E-state index contributed by atoms with van der Waals surface area (Å²) in [7, 11) is 1.56. The topological polar surface area (TPSA) is 60.9 Å². The smallest absolute Gasteiger partial charge is 0.248 e. The van der Waals surface area contributed by atoms with Crippen LogP contribution in [0, 0.1) is 5.41 Å². The third-order valence-corrected chi connectivity index (χ3v) is 5.05. The lowest BCUT2D eigenvalue weighted by molar-refractivity contribution is -0.137. The largest absolute Gasteiger partial charge is 0.375 e. The van der Waals surface area contributed by atoms with Gasteiger partial charge < -0.3 is 19.1 Å². The Kier molecular flexibility index (Phi) is 5.81. The summed E-state index contributed by atoms with van der Waals surface area (Å²) in [6.45, 7) is 3.77. The number of likely N-dealkylation sites (tertiary alicyclic amines) is 1. The third kappa shape index (κ3) is 4.32. The van der Waals surface area contributed by atoms with Crippen molar-refractivity contribution >= 4 is 5.91 Å². The first-order valence-corrected chi connectivity index (χ1v) is 8.56. The highest BCUT2D eigenvalue weighted by Crippen LogP contribution is 2.42. The number of piperidine rings is 1. The summed E-state index contributed by atoms with van der Waals surface area (Å²) >= 11 is 0. The molecule has 1 aromatic rings. The van der Waals surface area contributed by atoms with Gasteiger partial charge in [0.2, 0.25) is 5.91 Å². The van der Waals surface area contributed by atoms with Crippen molar-refractivity contribution in [3.05, 3.63) is 30.1 Å². The van der Waals surface area contributed by atoms with Gasteiger partial charge in [0.05, 0.1) is 25.9 Å². The molecule has 6 heteroatoms. The average molecular weight is 334 g/mol. The fourth-order valence-corrected chi connectivity index (χ4v) is 3.58. The summed E-state index contributed by atoms with van der Waals surface area (Å²) in [5.74, 6) is 0.0866. The zero-order valence-corrected chi connectivity index (χ0v) is 14.3. The first-order chi connectivity index (χ1) is 11.7. The van der Waals surface area contributed by atoms with E-state index in [1.807, 2.05) is 17.0 Å². The van der Waals surface area contributed by atoms with Crippen molar-refractivity contribution in [3.63, 3.8) is 0 Å². The van der Waals surface area contributed by atoms with Crippen LogP contribution in [0.3, 0.4) is 0 Å². The molecular formula is C18H26N2O4. The maximum atomic E-state index is 11.9. The van der Waals surface area contributed by atoms with Crippen LogP contribution in [0.15, 0.2) is 24.5 Å². The molecule has 1 aromatic heterocycles. The minimum absolute atomic E-state index is 0.0866. The Balaban J connectivity index is 1.40. The Morgan fingerprint density at radius 3 is 2.83 bits per heavy atom. The molecule has 2 saturated heterocycles. The standard InChI is InChI=1S/C18H26N2O4/c1-22-13-17(21)20-8-4-18(5-9-20)10-16(24-14-18)12-23-11-15-2-6-19-7-3-15/h2-3,6-7,16H,4-5,8-14H2,1H3/t16-/m1/s1. The monoisotopic (exact) mass is 334 g/mol. The SMILES string of the molecule is COCC(=O)N1CCC2(CC1)CO[C@@H](COCc1ccncc1)C2. The second-order valence-electron chi connectivity index (χ2n) is 6.82. The molecule has 1 amide bonds. The number of hydrogen-bond acceptors (Lipinski definition) is 5. The zero-order chi connectivity index (χ0) is 16.8. The number of aromatic nitrogens is 1. The van der Waals surface area contributed by atoms with Crippen LogP contribution in [-0.2, 0) is 25.6 Å². The van der Waals surface area contributed by atoms with Gasteiger partial charge in [-0.15, -0.1) is 0 Å². The molecule has 0 radical (unpaired) electrons. The van der Waals surface area contributed by atoms with Crippen molar-refractivity contribution in [1.29, 1.82) is 0 Å². The van der Waals surface area contributed by atoms with Crippen LogP contribution in [-0.4, -0.2) is 61.9 Å². The Hall–Kier alpha value is -1.50. The molecule has 3 rings (SSSR count). The summed E-state index contributed by atoms with van der Waals surface area (Å²) in [5.41, 5.74) is 1.34. The molecule has 24 heavy (non-hydrogen) atoms. The lowest BCUT2D eigenvalue weighted by atomic mass is 9.76.